The van der Waals surface area contributed by atoms with Crippen molar-refractivity contribution in [1.82, 2.24) is 0 Å². The number of nitrogens with two attached hydrogens (primary N) is 1. The van der Waals surface area contributed by atoms with Crippen LogP contribution in [0.3, 0.4) is 0 Å². The van der Waals surface area contributed by atoms with E-state index >= 15 is 0 Å². The van der Waals surface area contributed by atoms with E-state index < -0.39 is 0 Å². The molecule has 84 valence electrons. The van der Waals surface area contributed by atoms with Crippen molar-refractivity contribution in [2.75, 3.05) is 0 Å². The molecule has 0 fully saturated rings. The fourth-order valence-corrected chi connectivity index (χ4v) is 2.24. The third-order valence-corrected chi connectivity index (χ3v) is 3.66. The number of hydrogen-bond donors (Lipinski definition) is 1. The van der Waals surface area contributed by atoms with E-state index in [1.54, 1.807) is 0 Å². The molecule has 0 spiro atoms. The van der Waals surface area contributed by atoms with E-state index in [-0.39, 0.29) is 6.04 Å². The fraction of sp³-hybridized carbons (Fsp3) is 0.538. The molecule has 0 aromatic heterocycles. The summed E-state index contributed by atoms with van der Waals surface area (Å²) in [6, 6.07) is 8.59. The molecule has 2 N–H and O–H groups in total. The molecule has 15 heavy (non-hydrogen) atoms. The van der Waals surface area contributed by atoms with Gasteiger partial charge in [0, 0.05) is 10.5 Å². The Morgan fingerprint density at radius 2 is 2.00 bits per heavy atom. The second-order valence-corrected chi connectivity index (χ2v) is 5.08. The molecule has 0 aliphatic rings. The molecular weight excluding hydrogens is 250 g/mol. The van der Waals surface area contributed by atoms with Crippen LogP contribution in [0.4, 0.5) is 0 Å². The Balaban J connectivity index is 2.58. The van der Waals surface area contributed by atoms with E-state index in [1.807, 2.05) is 6.07 Å². The van der Waals surface area contributed by atoms with E-state index in [0.717, 1.165) is 6.42 Å². The summed E-state index contributed by atoms with van der Waals surface area (Å²) in [6.45, 7) is 4.45. The Morgan fingerprint density at radius 3 is 2.60 bits per heavy atom. The van der Waals surface area contributed by atoms with Gasteiger partial charge in [0.1, 0.15) is 0 Å². The molecule has 2 atom stereocenters. The molecule has 0 saturated heterocycles. The highest BCUT2D eigenvalue weighted by molar-refractivity contribution is 9.10. The minimum Gasteiger partial charge on any atom is -0.327 e. The molecule has 2 heteroatoms. The summed E-state index contributed by atoms with van der Waals surface area (Å²) in [5.41, 5.74) is 7.50. The quantitative estimate of drug-likeness (QED) is 0.866. The van der Waals surface area contributed by atoms with E-state index in [1.165, 1.54) is 22.9 Å². The molecule has 0 heterocycles. The van der Waals surface area contributed by atoms with Crippen LogP contribution in [0.15, 0.2) is 28.7 Å². The molecule has 0 aliphatic heterocycles. The summed E-state index contributed by atoms with van der Waals surface area (Å²) >= 11 is 3.56. The average Bonchev–Trinajstić information content (AvgIpc) is 2.21. The lowest BCUT2D eigenvalue weighted by Gasteiger charge is -2.19. The first-order chi connectivity index (χ1) is 7.15. The Morgan fingerprint density at radius 1 is 1.33 bits per heavy atom. The summed E-state index contributed by atoms with van der Waals surface area (Å²) < 4.78 is 1.17. The third-order valence-electron chi connectivity index (χ3n) is 2.89. The van der Waals surface area contributed by atoms with Gasteiger partial charge in [0.25, 0.3) is 0 Å². The van der Waals surface area contributed by atoms with Crippen molar-refractivity contribution in [3.8, 4) is 0 Å². The third kappa shape index (κ3) is 3.96. The van der Waals surface area contributed by atoms with Crippen molar-refractivity contribution < 1.29 is 0 Å². The lowest BCUT2D eigenvalue weighted by Crippen LogP contribution is -2.30. The van der Waals surface area contributed by atoms with Crippen molar-refractivity contribution in [3.63, 3.8) is 0 Å². The summed E-state index contributed by atoms with van der Waals surface area (Å²) in [7, 11) is 0. The van der Waals surface area contributed by atoms with Gasteiger partial charge in [0.05, 0.1) is 0 Å². The van der Waals surface area contributed by atoms with Gasteiger partial charge in [-0.1, -0.05) is 54.4 Å². The smallest absolute Gasteiger partial charge is 0.0207 e. The predicted molar refractivity (Wildman–Crippen MR) is 69.9 cm³/mol. The van der Waals surface area contributed by atoms with Gasteiger partial charge in [0.15, 0.2) is 0 Å². The lowest BCUT2D eigenvalue weighted by molar-refractivity contribution is 0.419. The minimum absolute atomic E-state index is 0.267. The number of hydrogen-bond acceptors (Lipinski definition) is 1. The Labute approximate surface area is 101 Å². The van der Waals surface area contributed by atoms with Crippen LogP contribution >= 0.6 is 15.9 Å². The van der Waals surface area contributed by atoms with Gasteiger partial charge in [-0.05, 0) is 30.4 Å². The van der Waals surface area contributed by atoms with Crippen molar-refractivity contribution >= 4 is 15.9 Å². The van der Waals surface area contributed by atoms with Crippen LogP contribution in [0.2, 0.25) is 0 Å². The van der Waals surface area contributed by atoms with Crippen LogP contribution in [0.5, 0.6) is 0 Å². The molecule has 0 amide bonds. The van der Waals surface area contributed by atoms with Crippen LogP contribution < -0.4 is 5.73 Å². The van der Waals surface area contributed by atoms with Crippen LogP contribution in [-0.4, -0.2) is 6.04 Å². The van der Waals surface area contributed by atoms with Crippen molar-refractivity contribution in [2.24, 2.45) is 11.7 Å². The molecule has 0 bridgehead atoms. The summed E-state index contributed by atoms with van der Waals surface area (Å²) in [5, 5.41) is 0. The first-order valence-corrected chi connectivity index (χ1v) is 6.43. The van der Waals surface area contributed by atoms with Gasteiger partial charge >= 0.3 is 0 Å². The molecule has 0 radical (unpaired) electrons. The van der Waals surface area contributed by atoms with Crippen molar-refractivity contribution in [2.45, 2.75) is 39.2 Å². The number of rotatable bonds is 5. The summed E-state index contributed by atoms with van der Waals surface area (Å²) in [4.78, 5) is 0. The molecule has 1 rings (SSSR count). The topological polar surface area (TPSA) is 26.0 Å². The Hall–Kier alpha value is -0.340. The monoisotopic (exact) mass is 269 g/mol. The average molecular weight is 270 g/mol. The van der Waals surface area contributed by atoms with Gasteiger partial charge in [-0.25, -0.2) is 0 Å². The summed E-state index contributed by atoms with van der Waals surface area (Å²) in [5.74, 6) is 0.599. The minimum atomic E-state index is 0.267. The van der Waals surface area contributed by atoms with Crippen molar-refractivity contribution in [1.29, 1.82) is 0 Å². The van der Waals surface area contributed by atoms with E-state index in [2.05, 4.69) is 48.0 Å². The van der Waals surface area contributed by atoms with Crippen molar-refractivity contribution in [3.05, 3.63) is 34.3 Å². The number of benzene rings is 1. The summed E-state index contributed by atoms with van der Waals surface area (Å²) in [6.07, 6.45) is 3.39. The first kappa shape index (κ1) is 12.7. The molecule has 0 saturated carbocycles. The molecule has 1 nitrogen and oxygen atoms in total. The van der Waals surface area contributed by atoms with Gasteiger partial charge < -0.3 is 5.73 Å². The first-order valence-electron chi connectivity index (χ1n) is 5.64. The zero-order valence-corrected chi connectivity index (χ0v) is 11.1. The maximum absolute atomic E-state index is 6.18. The van der Waals surface area contributed by atoms with Gasteiger partial charge in [-0.2, -0.15) is 0 Å². The molecule has 2 unspecified atom stereocenters. The zero-order chi connectivity index (χ0) is 11.3. The van der Waals surface area contributed by atoms with E-state index in [0.29, 0.717) is 5.92 Å². The van der Waals surface area contributed by atoms with E-state index in [4.69, 9.17) is 5.73 Å². The maximum atomic E-state index is 6.18. The second kappa shape index (κ2) is 6.29. The van der Waals surface area contributed by atoms with E-state index in [9.17, 15) is 0 Å². The highest BCUT2D eigenvalue weighted by atomic mass is 79.9. The van der Waals surface area contributed by atoms with Gasteiger partial charge in [-0.15, -0.1) is 0 Å². The molecular formula is C13H20BrN. The number of halogens is 1. The highest BCUT2D eigenvalue weighted by Crippen LogP contribution is 2.20. The normalized spacial score (nSPS) is 14.9. The van der Waals surface area contributed by atoms with Crippen LogP contribution in [0.25, 0.3) is 0 Å². The highest BCUT2D eigenvalue weighted by Gasteiger charge is 2.13. The lowest BCUT2D eigenvalue weighted by atomic mass is 9.92. The second-order valence-electron chi connectivity index (χ2n) is 4.23. The predicted octanol–water partition coefficient (Wildman–Crippen LogP) is 3.76. The zero-order valence-electron chi connectivity index (χ0n) is 9.54. The Kier molecular flexibility index (Phi) is 5.34. The largest absolute Gasteiger partial charge is 0.327 e. The van der Waals surface area contributed by atoms with Gasteiger partial charge in [0.2, 0.25) is 0 Å². The molecule has 1 aromatic rings. The van der Waals surface area contributed by atoms with Crippen LogP contribution in [0.1, 0.15) is 32.3 Å². The van der Waals surface area contributed by atoms with Gasteiger partial charge in [-0.3, -0.25) is 0 Å². The fourth-order valence-electron chi connectivity index (χ4n) is 1.79. The maximum Gasteiger partial charge on any atom is 0.0207 e. The van der Waals surface area contributed by atoms with Crippen LogP contribution in [0, 0.1) is 5.92 Å². The molecule has 0 aliphatic carbocycles. The van der Waals surface area contributed by atoms with Crippen LogP contribution in [-0.2, 0) is 6.42 Å². The Bertz CT molecular complexity index is 298. The SMILES string of the molecule is CCCC(C)C(N)Cc1ccccc1Br. The molecule has 1 aromatic carbocycles. The standard InChI is InChI=1S/C13H20BrN/c1-3-6-10(2)13(15)9-11-7-4-5-8-12(11)14/h4-5,7-8,10,13H,3,6,9,15H2,1-2H3.